The predicted octanol–water partition coefficient (Wildman–Crippen LogP) is 5.04. The Morgan fingerprint density at radius 2 is 1.55 bits per heavy atom. The topological polar surface area (TPSA) is 9.23 Å². The minimum atomic E-state index is 0.386. The van der Waals surface area contributed by atoms with E-state index in [0.29, 0.717) is 5.92 Å². The lowest BCUT2D eigenvalue weighted by atomic mass is 9.78. The second-order valence-corrected chi connectivity index (χ2v) is 5.64. The van der Waals surface area contributed by atoms with E-state index in [2.05, 4.69) is 54.6 Å². The third kappa shape index (κ3) is 1.85. The number of hydrogen-bond donors (Lipinski definition) is 0. The molecule has 4 rings (SSSR count). The largest absolute Gasteiger partial charge is 0.461 e. The zero-order valence-electron chi connectivity index (χ0n) is 11.5. The number of ether oxygens (including phenoxy) is 1. The molecular weight excluding hydrogens is 244 g/mol. The minimum Gasteiger partial charge on any atom is -0.461 e. The summed E-state index contributed by atoms with van der Waals surface area (Å²) in [6.45, 7) is 0. The van der Waals surface area contributed by atoms with E-state index in [1.54, 1.807) is 0 Å². The van der Waals surface area contributed by atoms with Crippen molar-refractivity contribution in [3.05, 3.63) is 77.1 Å². The third-order valence-electron chi connectivity index (χ3n) is 4.40. The molecule has 2 aliphatic rings. The maximum Gasteiger partial charge on any atom is 0.131 e. The highest BCUT2D eigenvalue weighted by Crippen LogP contribution is 2.47. The summed E-state index contributed by atoms with van der Waals surface area (Å²) in [5, 5.41) is 0. The summed E-state index contributed by atoms with van der Waals surface area (Å²) in [5.41, 5.74) is 4.21. The molecule has 1 unspecified atom stereocenters. The van der Waals surface area contributed by atoms with Gasteiger partial charge in [0.1, 0.15) is 11.5 Å². The molecule has 0 saturated carbocycles. The number of hydrogen-bond acceptors (Lipinski definition) is 1. The fourth-order valence-corrected chi connectivity index (χ4v) is 3.48. The average molecular weight is 262 g/mol. The van der Waals surface area contributed by atoms with Gasteiger partial charge in [-0.3, -0.25) is 0 Å². The highest BCUT2D eigenvalue weighted by Gasteiger charge is 2.31. The summed E-state index contributed by atoms with van der Waals surface area (Å²) in [5.74, 6) is 2.65. The van der Waals surface area contributed by atoms with Crippen LogP contribution < -0.4 is 4.74 Å². The van der Waals surface area contributed by atoms with Crippen molar-refractivity contribution in [3.63, 3.8) is 0 Å². The Hall–Kier alpha value is -2.02. The van der Waals surface area contributed by atoms with Gasteiger partial charge in [0.15, 0.2) is 0 Å². The van der Waals surface area contributed by atoms with Crippen LogP contribution in [0.1, 0.15) is 42.7 Å². The van der Waals surface area contributed by atoms with Crippen LogP contribution in [0, 0.1) is 0 Å². The molecule has 0 aromatic heterocycles. The van der Waals surface area contributed by atoms with E-state index in [1.165, 1.54) is 41.7 Å². The van der Waals surface area contributed by atoms with Crippen molar-refractivity contribution in [1.82, 2.24) is 0 Å². The third-order valence-corrected chi connectivity index (χ3v) is 4.40. The van der Waals surface area contributed by atoms with E-state index in [-0.39, 0.29) is 0 Å². The summed E-state index contributed by atoms with van der Waals surface area (Å²) in [6, 6.07) is 19.3. The molecular formula is C19H18O. The fraction of sp³-hybridized carbons (Fsp3) is 0.263. The summed E-state index contributed by atoms with van der Waals surface area (Å²) in [4.78, 5) is 0. The summed E-state index contributed by atoms with van der Waals surface area (Å²) in [7, 11) is 0. The highest BCUT2D eigenvalue weighted by atomic mass is 16.5. The summed E-state index contributed by atoms with van der Waals surface area (Å²) in [6.07, 6.45) is 4.80. The van der Waals surface area contributed by atoms with Crippen molar-refractivity contribution in [2.45, 2.75) is 31.6 Å². The van der Waals surface area contributed by atoms with Crippen molar-refractivity contribution >= 4 is 0 Å². The van der Waals surface area contributed by atoms with E-state index >= 15 is 0 Å². The van der Waals surface area contributed by atoms with Gasteiger partial charge >= 0.3 is 0 Å². The zero-order valence-corrected chi connectivity index (χ0v) is 11.5. The normalized spacial score (nSPS) is 20.9. The van der Waals surface area contributed by atoms with Crippen LogP contribution in [0.3, 0.4) is 0 Å². The van der Waals surface area contributed by atoms with Gasteiger partial charge < -0.3 is 4.74 Å². The van der Waals surface area contributed by atoms with Crippen LogP contribution in [0.25, 0.3) is 0 Å². The van der Waals surface area contributed by atoms with Crippen LogP contribution in [0.5, 0.6) is 5.75 Å². The molecule has 0 spiro atoms. The molecule has 20 heavy (non-hydrogen) atoms. The monoisotopic (exact) mass is 262 g/mol. The van der Waals surface area contributed by atoms with Gasteiger partial charge in [-0.15, -0.1) is 0 Å². The molecule has 0 radical (unpaired) electrons. The lowest BCUT2D eigenvalue weighted by molar-refractivity contribution is 0.350. The molecule has 1 aliphatic heterocycles. The molecule has 1 heterocycles. The first-order valence-electron chi connectivity index (χ1n) is 7.47. The van der Waals surface area contributed by atoms with Gasteiger partial charge in [-0.1, -0.05) is 48.5 Å². The highest BCUT2D eigenvalue weighted by molar-refractivity contribution is 5.52. The Morgan fingerprint density at radius 3 is 2.45 bits per heavy atom. The number of rotatable bonds is 1. The van der Waals surface area contributed by atoms with Gasteiger partial charge in [-0.25, -0.2) is 0 Å². The molecule has 0 bridgehead atoms. The molecule has 0 amide bonds. The number of allylic oxidation sites excluding steroid dienone is 2. The smallest absolute Gasteiger partial charge is 0.131 e. The van der Waals surface area contributed by atoms with Crippen LogP contribution in [-0.4, -0.2) is 0 Å². The lowest BCUT2D eigenvalue weighted by Crippen LogP contribution is -2.19. The van der Waals surface area contributed by atoms with Crippen molar-refractivity contribution in [2.24, 2.45) is 0 Å². The molecule has 100 valence electrons. The van der Waals surface area contributed by atoms with E-state index in [9.17, 15) is 0 Å². The quantitative estimate of drug-likeness (QED) is 0.699. The Morgan fingerprint density at radius 1 is 0.800 bits per heavy atom. The van der Waals surface area contributed by atoms with E-state index in [1.807, 2.05) is 0 Å². The minimum absolute atomic E-state index is 0.386. The van der Waals surface area contributed by atoms with Gasteiger partial charge in [0, 0.05) is 17.9 Å². The second-order valence-electron chi connectivity index (χ2n) is 5.64. The first kappa shape index (κ1) is 11.8. The molecule has 2 aromatic rings. The first-order chi connectivity index (χ1) is 9.93. The molecule has 0 fully saturated rings. The van der Waals surface area contributed by atoms with Crippen LogP contribution in [-0.2, 0) is 0 Å². The van der Waals surface area contributed by atoms with Crippen molar-refractivity contribution < 1.29 is 4.74 Å². The van der Waals surface area contributed by atoms with Gasteiger partial charge in [-0.2, -0.15) is 0 Å². The molecule has 1 aliphatic carbocycles. The van der Waals surface area contributed by atoms with Gasteiger partial charge in [0.2, 0.25) is 0 Å². The van der Waals surface area contributed by atoms with E-state index in [0.717, 1.165) is 12.2 Å². The number of fused-ring (bicyclic) bond motifs is 1. The van der Waals surface area contributed by atoms with E-state index < -0.39 is 0 Å². The average Bonchev–Trinajstić information content (AvgIpc) is 2.53. The van der Waals surface area contributed by atoms with Gasteiger partial charge in [0.25, 0.3) is 0 Å². The lowest BCUT2D eigenvalue weighted by Gasteiger charge is -2.33. The molecule has 0 N–H and O–H groups in total. The van der Waals surface area contributed by atoms with Crippen molar-refractivity contribution in [1.29, 1.82) is 0 Å². The Labute approximate surface area is 119 Å². The molecule has 1 nitrogen and oxygen atoms in total. The Balaban J connectivity index is 1.90. The van der Waals surface area contributed by atoms with E-state index in [4.69, 9.17) is 4.74 Å². The van der Waals surface area contributed by atoms with Crippen molar-refractivity contribution in [3.8, 4) is 5.75 Å². The molecule has 2 aromatic carbocycles. The van der Waals surface area contributed by atoms with Gasteiger partial charge in [-0.05, 0) is 36.5 Å². The SMILES string of the molecule is c1ccc(C2C3=C(CCCC3)Oc3ccccc32)cc1. The standard InChI is InChI=1S/C19H18O/c1-2-8-14(9-3-1)19-15-10-4-6-12-17(15)20-18-13-7-5-11-16(18)19/h1-4,6,8-10,12,19H,5,7,11,13H2. The van der Waals surface area contributed by atoms with Crippen LogP contribution in [0.2, 0.25) is 0 Å². The zero-order chi connectivity index (χ0) is 13.4. The predicted molar refractivity (Wildman–Crippen MR) is 80.8 cm³/mol. The summed E-state index contributed by atoms with van der Waals surface area (Å²) >= 11 is 0. The maximum absolute atomic E-state index is 6.17. The molecule has 0 saturated heterocycles. The van der Waals surface area contributed by atoms with Gasteiger partial charge in [0.05, 0.1) is 0 Å². The number of benzene rings is 2. The van der Waals surface area contributed by atoms with Crippen molar-refractivity contribution in [2.75, 3.05) is 0 Å². The second kappa shape index (κ2) is 4.82. The molecule has 1 atom stereocenters. The fourth-order valence-electron chi connectivity index (χ4n) is 3.48. The first-order valence-corrected chi connectivity index (χ1v) is 7.47. The Bertz CT molecular complexity index is 654. The Kier molecular flexibility index (Phi) is 2.84. The maximum atomic E-state index is 6.17. The van der Waals surface area contributed by atoms with Crippen LogP contribution in [0.4, 0.5) is 0 Å². The number of para-hydroxylation sites is 1. The summed E-state index contributed by atoms with van der Waals surface area (Å²) < 4.78 is 6.17. The van der Waals surface area contributed by atoms with Crippen LogP contribution >= 0.6 is 0 Å². The van der Waals surface area contributed by atoms with Crippen LogP contribution in [0.15, 0.2) is 65.9 Å². The molecule has 1 heteroatoms.